The lowest BCUT2D eigenvalue weighted by molar-refractivity contribution is 0.0255. The Labute approximate surface area is 88.3 Å². The fourth-order valence-electron chi connectivity index (χ4n) is 2.56. The Morgan fingerprint density at radius 1 is 1.50 bits per heavy atom. The van der Waals surface area contributed by atoms with Crippen molar-refractivity contribution in [1.82, 2.24) is 10.2 Å². The van der Waals surface area contributed by atoms with Crippen LogP contribution in [0.1, 0.15) is 28.1 Å². The van der Waals surface area contributed by atoms with Crippen molar-refractivity contribution in [1.29, 1.82) is 0 Å². The number of piperazine rings is 1. The molecule has 0 aliphatic carbocycles. The highest BCUT2D eigenvalue weighted by Crippen LogP contribution is 2.25. The first-order valence-electron chi connectivity index (χ1n) is 5.85. The molecule has 0 bridgehead atoms. The van der Waals surface area contributed by atoms with Crippen molar-refractivity contribution in [3.05, 3.63) is 0 Å². The summed E-state index contributed by atoms with van der Waals surface area (Å²) in [7, 11) is 0. The van der Waals surface area contributed by atoms with Crippen LogP contribution < -0.4 is 5.32 Å². The van der Waals surface area contributed by atoms with Crippen molar-refractivity contribution in [3.63, 3.8) is 0 Å². The van der Waals surface area contributed by atoms with Crippen molar-refractivity contribution < 1.29 is 6.16 Å². The predicted octanol–water partition coefficient (Wildman–Crippen LogP) is 1.09. The third-order valence-electron chi connectivity index (χ3n) is 3.32. The first-order valence-corrected chi connectivity index (χ1v) is 5.85. The highest BCUT2D eigenvalue weighted by molar-refractivity contribution is 4.91. The molecule has 2 saturated heterocycles. The van der Waals surface area contributed by atoms with Crippen molar-refractivity contribution in [2.75, 3.05) is 26.2 Å². The fourth-order valence-corrected chi connectivity index (χ4v) is 2.56. The molecule has 0 amide bonds. The molecule has 2 aliphatic rings. The molecule has 0 aromatic carbocycles. The van der Waals surface area contributed by atoms with Crippen LogP contribution in [0.4, 0.5) is 0 Å². The van der Waals surface area contributed by atoms with E-state index in [1.165, 1.54) is 25.9 Å². The highest BCUT2D eigenvalue weighted by Gasteiger charge is 2.34. The van der Waals surface area contributed by atoms with E-state index >= 15 is 0 Å². The summed E-state index contributed by atoms with van der Waals surface area (Å²) in [6.45, 7) is 8.69. The molecule has 1 unspecified atom stereocenters. The molecule has 2 atom stereocenters. The lowest BCUT2D eigenvalue weighted by atomic mass is 10.2. The van der Waals surface area contributed by atoms with Crippen molar-refractivity contribution in [3.8, 4) is 0 Å². The summed E-state index contributed by atoms with van der Waals surface area (Å²) in [5, 5.41) is 3.46. The van der Waals surface area contributed by atoms with E-state index in [1.807, 2.05) is 0 Å². The van der Waals surface area contributed by atoms with Crippen LogP contribution in [-0.2, 0) is 4.74 Å². The number of nitrogens with zero attached hydrogens (tertiary/aromatic N) is 1. The molecule has 2 aliphatic heterocycles. The van der Waals surface area contributed by atoms with Crippen molar-refractivity contribution in [2.24, 2.45) is 0 Å². The Bertz CT molecular complexity index is 189. The van der Waals surface area contributed by atoms with Crippen LogP contribution in [0.5, 0.6) is 0 Å². The van der Waals surface area contributed by atoms with E-state index < -0.39 is 0 Å². The molecular formula is C11H24N2O. The zero-order chi connectivity index (χ0) is 9.97. The normalized spacial score (nSPS) is 33.6. The average Bonchev–Trinajstić information content (AvgIpc) is 2.58. The summed E-state index contributed by atoms with van der Waals surface area (Å²) < 4.78 is 5.71. The molecule has 1 N–H and O–H groups in total. The van der Waals surface area contributed by atoms with Gasteiger partial charge in [0, 0.05) is 33.1 Å². The topological polar surface area (TPSA) is 24.5 Å². The Balaban J connectivity index is 0.00000112. The quantitative estimate of drug-likeness (QED) is 0.738. The van der Waals surface area contributed by atoms with Gasteiger partial charge in [-0.3, -0.25) is 4.90 Å². The smallest absolute Gasteiger partial charge is 0.0625 e. The zero-order valence-corrected chi connectivity index (χ0v) is 9.33. The minimum Gasteiger partial charge on any atom is -0.377 e. The lowest BCUT2D eigenvalue weighted by Gasteiger charge is -2.34. The van der Waals surface area contributed by atoms with Gasteiger partial charge in [0.2, 0.25) is 0 Å². The Morgan fingerprint density at radius 2 is 2.36 bits per heavy atom. The number of hydrogen-bond donors (Lipinski definition) is 1. The van der Waals surface area contributed by atoms with Crippen molar-refractivity contribution >= 4 is 0 Å². The molecule has 2 rings (SSSR count). The molecule has 3 nitrogen and oxygen atoms in total. The largest absolute Gasteiger partial charge is 0.377 e. The van der Waals surface area contributed by atoms with Gasteiger partial charge in [0.15, 0.2) is 0 Å². The summed E-state index contributed by atoms with van der Waals surface area (Å²) in [6, 6.07) is 1.47. The van der Waals surface area contributed by atoms with Crippen LogP contribution in [0, 0.1) is 0 Å². The van der Waals surface area contributed by atoms with Gasteiger partial charge in [-0.15, -0.1) is 0 Å². The summed E-state index contributed by atoms with van der Waals surface area (Å²) in [6.07, 6.45) is 3.04. The Morgan fingerprint density at radius 3 is 3.14 bits per heavy atom. The molecule has 3 heteroatoms. The van der Waals surface area contributed by atoms with Gasteiger partial charge < -0.3 is 10.1 Å². The monoisotopic (exact) mass is 200 g/mol. The molecule has 2 heterocycles. The van der Waals surface area contributed by atoms with Crippen LogP contribution in [0.25, 0.3) is 0 Å². The van der Waals surface area contributed by atoms with Crippen LogP contribution in [0.2, 0.25) is 0 Å². The first kappa shape index (κ1) is 10.4. The molecule has 0 aromatic rings. The SMILES string of the molecule is CC(C)OC[C@@H]1CCC2CNCCN21.[HH]. The van der Waals surface area contributed by atoms with E-state index in [0.717, 1.165) is 19.2 Å². The summed E-state index contributed by atoms with van der Waals surface area (Å²) in [5.74, 6) is 0. The first-order chi connectivity index (χ1) is 6.77. The minimum atomic E-state index is 0. The van der Waals surface area contributed by atoms with Crippen LogP contribution in [-0.4, -0.2) is 49.3 Å². The number of nitrogens with one attached hydrogen (secondary N) is 1. The predicted molar refractivity (Wildman–Crippen MR) is 59.6 cm³/mol. The van der Waals surface area contributed by atoms with E-state index in [2.05, 4.69) is 24.1 Å². The van der Waals surface area contributed by atoms with Crippen LogP contribution >= 0.6 is 0 Å². The van der Waals surface area contributed by atoms with Crippen molar-refractivity contribution in [2.45, 2.75) is 44.9 Å². The molecule has 14 heavy (non-hydrogen) atoms. The Hall–Kier alpha value is -0.120. The minimum absolute atomic E-state index is 0. The third-order valence-corrected chi connectivity index (χ3v) is 3.32. The van der Waals surface area contributed by atoms with Gasteiger partial charge in [0.25, 0.3) is 0 Å². The third kappa shape index (κ3) is 2.27. The van der Waals surface area contributed by atoms with Gasteiger partial charge in [-0.05, 0) is 26.7 Å². The molecule has 84 valence electrons. The van der Waals surface area contributed by atoms with E-state index in [4.69, 9.17) is 4.74 Å². The van der Waals surface area contributed by atoms with E-state index in [-0.39, 0.29) is 1.43 Å². The van der Waals surface area contributed by atoms with Gasteiger partial charge >= 0.3 is 0 Å². The maximum Gasteiger partial charge on any atom is 0.0625 e. The zero-order valence-electron chi connectivity index (χ0n) is 9.33. The second-order valence-electron chi connectivity index (χ2n) is 4.71. The molecular weight excluding hydrogens is 176 g/mol. The molecule has 0 aromatic heterocycles. The highest BCUT2D eigenvalue weighted by atomic mass is 16.5. The van der Waals surface area contributed by atoms with Gasteiger partial charge in [0.1, 0.15) is 0 Å². The molecule has 0 saturated carbocycles. The summed E-state index contributed by atoms with van der Waals surface area (Å²) in [4.78, 5) is 2.64. The maximum atomic E-state index is 5.71. The summed E-state index contributed by atoms with van der Waals surface area (Å²) in [5.41, 5.74) is 0. The second-order valence-corrected chi connectivity index (χ2v) is 4.71. The van der Waals surface area contributed by atoms with Gasteiger partial charge in [0.05, 0.1) is 12.7 Å². The lowest BCUT2D eigenvalue weighted by Crippen LogP contribution is -2.51. The summed E-state index contributed by atoms with van der Waals surface area (Å²) >= 11 is 0. The van der Waals surface area contributed by atoms with Gasteiger partial charge in [-0.1, -0.05) is 0 Å². The van der Waals surface area contributed by atoms with Crippen LogP contribution in [0.3, 0.4) is 0 Å². The molecule has 0 spiro atoms. The van der Waals surface area contributed by atoms with E-state index in [9.17, 15) is 0 Å². The number of fused-ring (bicyclic) bond motifs is 1. The second kappa shape index (κ2) is 4.60. The van der Waals surface area contributed by atoms with E-state index in [0.29, 0.717) is 12.1 Å². The maximum absolute atomic E-state index is 5.71. The number of hydrogen-bond acceptors (Lipinski definition) is 3. The van der Waals surface area contributed by atoms with E-state index in [1.54, 1.807) is 0 Å². The van der Waals surface area contributed by atoms with Gasteiger partial charge in [-0.2, -0.15) is 0 Å². The average molecular weight is 200 g/mol. The number of rotatable bonds is 3. The standard InChI is InChI=1S/C11H22N2O.H2/c1-9(2)14-8-11-4-3-10-7-12-5-6-13(10)11;/h9-12H,3-8H2,1-2H3;1H/t10?,11-;/m0./s1. The Kier molecular flexibility index (Phi) is 3.42. The molecule has 2 fully saturated rings. The van der Waals surface area contributed by atoms with Crippen LogP contribution in [0.15, 0.2) is 0 Å². The fraction of sp³-hybridized carbons (Fsp3) is 1.00. The molecule has 0 radical (unpaired) electrons. The van der Waals surface area contributed by atoms with Gasteiger partial charge in [-0.25, -0.2) is 0 Å². The number of ether oxygens (including phenoxy) is 1.